The van der Waals surface area contributed by atoms with Gasteiger partial charge in [-0.25, -0.2) is 4.79 Å². The van der Waals surface area contributed by atoms with Crippen LogP contribution >= 0.6 is 0 Å². The van der Waals surface area contributed by atoms with E-state index in [2.05, 4.69) is 5.32 Å². The Morgan fingerprint density at radius 3 is 2.20 bits per heavy atom. The van der Waals surface area contributed by atoms with Gasteiger partial charge in [0, 0.05) is 7.11 Å². The van der Waals surface area contributed by atoms with Crippen LogP contribution in [0.5, 0.6) is 0 Å². The molecule has 0 aromatic heterocycles. The number of amides is 1. The van der Waals surface area contributed by atoms with Gasteiger partial charge in [-0.2, -0.15) is 0 Å². The Bertz CT molecular complexity index is 281. The van der Waals surface area contributed by atoms with Crippen molar-refractivity contribution in [2.75, 3.05) is 7.11 Å². The molecule has 5 heteroatoms. The van der Waals surface area contributed by atoms with Gasteiger partial charge in [0.1, 0.15) is 11.1 Å². The monoisotopic (exact) mass is 215 g/mol. The first kappa shape index (κ1) is 12.0. The summed E-state index contributed by atoms with van der Waals surface area (Å²) >= 11 is 0. The second-order valence-corrected chi connectivity index (χ2v) is 4.41. The van der Waals surface area contributed by atoms with Crippen LogP contribution in [0, 0.1) is 0 Å². The molecule has 0 aliphatic heterocycles. The van der Waals surface area contributed by atoms with Crippen LogP contribution in [0.2, 0.25) is 0 Å². The van der Waals surface area contributed by atoms with E-state index in [4.69, 9.17) is 9.84 Å². The average Bonchev–Trinajstić information content (AvgIpc) is 2.10. The van der Waals surface area contributed by atoms with Gasteiger partial charge in [-0.3, -0.25) is 4.79 Å². The molecule has 1 rings (SSSR count). The Kier molecular flexibility index (Phi) is 3.04. The Balaban J connectivity index is 2.69. The van der Waals surface area contributed by atoms with Crippen LogP contribution < -0.4 is 5.32 Å². The lowest BCUT2D eigenvalue weighted by molar-refractivity contribution is -0.156. The normalized spacial score (nSPS) is 19.1. The van der Waals surface area contributed by atoms with E-state index in [1.165, 1.54) is 7.11 Å². The summed E-state index contributed by atoms with van der Waals surface area (Å²) in [5.41, 5.74) is -2.05. The van der Waals surface area contributed by atoms with E-state index >= 15 is 0 Å². The van der Waals surface area contributed by atoms with Crippen molar-refractivity contribution < 1.29 is 19.4 Å². The predicted octanol–water partition coefficient (Wildman–Crippen LogP) is 0.535. The summed E-state index contributed by atoms with van der Waals surface area (Å²) in [6, 6.07) is 0. The number of hydrogen-bond acceptors (Lipinski definition) is 3. The Labute approximate surface area is 88.8 Å². The van der Waals surface area contributed by atoms with Gasteiger partial charge in [-0.15, -0.1) is 0 Å². The number of ether oxygens (including phenoxy) is 1. The predicted molar refractivity (Wildman–Crippen MR) is 53.4 cm³/mol. The van der Waals surface area contributed by atoms with Gasteiger partial charge in [0.15, 0.2) is 0 Å². The minimum Gasteiger partial charge on any atom is -0.480 e. The first-order valence-corrected chi connectivity index (χ1v) is 4.95. The van der Waals surface area contributed by atoms with E-state index < -0.39 is 17.1 Å². The number of hydrogen-bond donors (Lipinski definition) is 2. The smallest absolute Gasteiger partial charge is 0.329 e. The summed E-state index contributed by atoms with van der Waals surface area (Å²) in [5, 5.41) is 11.6. The molecule has 1 amide bonds. The lowest BCUT2D eigenvalue weighted by atomic mass is 9.76. The molecule has 1 aliphatic carbocycles. The van der Waals surface area contributed by atoms with Crippen molar-refractivity contribution in [2.24, 2.45) is 0 Å². The summed E-state index contributed by atoms with van der Waals surface area (Å²) in [6.45, 7) is 3.22. The quantitative estimate of drug-likeness (QED) is 0.717. The van der Waals surface area contributed by atoms with Gasteiger partial charge in [0.25, 0.3) is 5.91 Å². The van der Waals surface area contributed by atoms with E-state index in [0.29, 0.717) is 12.8 Å². The third-order valence-electron chi connectivity index (χ3n) is 3.03. The van der Waals surface area contributed by atoms with Crippen molar-refractivity contribution in [1.82, 2.24) is 5.32 Å². The number of carbonyl (C=O) groups is 2. The zero-order valence-corrected chi connectivity index (χ0v) is 9.29. The van der Waals surface area contributed by atoms with Crippen LogP contribution in [0.4, 0.5) is 0 Å². The minimum atomic E-state index is -1.06. The van der Waals surface area contributed by atoms with E-state index in [-0.39, 0.29) is 5.91 Å². The minimum absolute atomic E-state index is 0.382. The second-order valence-electron chi connectivity index (χ2n) is 4.41. The molecule has 15 heavy (non-hydrogen) atoms. The maximum atomic E-state index is 11.7. The fourth-order valence-electron chi connectivity index (χ4n) is 1.38. The number of nitrogens with one attached hydrogen (secondary N) is 1. The van der Waals surface area contributed by atoms with Crippen LogP contribution in [-0.4, -0.2) is 35.2 Å². The maximum Gasteiger partial charge on any atom is 0.329 e. The standard InChI is InChI=1S/C10H17NO4/c1-9(2,15-3)7(12)11-10(8(13)14)5-4-6-10/h4-6H2,1-3H3,(H,11,12)(H,13,14). The molecule has 0 heterocycles. The van der Waals surface area contributed by atoms with E-state index in [1.54, 1.807) is 13.8 Å². The molecule has 1 saturated carbocycles. The highest BCUT2D eigenvalue weighted by atomic mass is 16.5. The first-order chi connectivity index (χ1) is 6.84. The van der Waals surface area contributed by atoms with Crippen molar-refractivity contribution in [1.29, 1.82) is 0 Å². The highest BCUT2D eigenvalue weighted by molar-refractivity contribution is 5.91. The van der Waals surface area contributed by atoms with E-state index in [1.807, 2.05) is 0 Å². The molecular weight excluding hydrogens is 198 g/mol. The number of carbonyl (C=O) groups excluding carboxylic acids is 1. The largest absolute Gasteiger partial charge is 0.480 e. The molecule has 0 spiro atoms. The first-order valence-electron chi connectivity index (χ1n) is 4.95. The van der Waals surface area contributed by atoms with E-state index in [9.17, 15) is 9.59 Å². The van der Waals surface area contributed by atoms with Crippen molar-refractivity contribution in [3.63, 3.8) is 0 Å². The molecule has 0 aromatic rings. The maximum absolute atomic E-state index is 11.7. The molecule has 1 aliphatic rings. The molecule has 0 atom stereocenters. The number of methoxy groups -OCH3 is 1. The molecule has 0 saturated heterocycles. The summed E-state index contributed by atoms with van der Waals surface area (Å²) in [6.07, 6.45) is 1.82. The van der Waals surface area contributed by atoms with Gasteiger partial charge >= 0.3 is 5.97 Å². The van der Waals surface area contributed by atoms with Gasteiger partial charge < -0.3 is 15.2 Å². The molecule has 0 radical (unpaired) electrons. The van der Waals surface area contributed by atoms with Crippen molar-refractivity contribution in [2.45, 2.75) is 44.2 Å². The molecule has 1 fully saturated rings. The molecule has 2 N–H and O–H groups in total. The molecule has 0 bridgehead atoms. The molecule has 0 aromatic carbocycles. The lowest BCUT2D eigenvalue weighted by Crippen LogP contribution is -2.62. The average molecular weight is 215 g/mol. The van der Waals surface area contributed by atoms with Gasteiger partial charge in [-0.05, 0) is 33.1 Å². The van der Waals surface area contributed by atoms with Gasteiger partial charge in [0.05, 0.1) is 0 Å². The highest BCUT2D eigenvalue weighted by Crippen LogP contribution is 2.32. The van der Waals surface area contributed by atoms with Crippen LogP contribution in [-0.2, 0) is 14.3 Å². The third kappa shape index (κ3) is 2.12. The highest BCUT2D eigenvalue weighted by Gasteiger charge is 2.47. The van der Waals surface area contributed by atoms with Crippen LogP contribution in [0.3, 0.4) is 0 Å². The zero-order valence-electron chi connectivity index (χ0n) is 9.29. The van der Waals surface area contributed by atoms with Crippen LogP contribution in [0.15, 0.2) is 0 Å². The number of aliphatic carboxylic acids is 1. The topological polar surface area (TPSA) is 75.6 Å². The lowest BCUT2D eigenvalue weighted by Gasteiger charge is -2.40. The van der Waals surface area contributed by atoms with Crippen LogP contribution in [0.1, 0.15) is 33.1 Å². The summed E-state index contributed by atoms with van der Waals surface area (Å²) in [5.74, 6) is -1.35. The zero-order chi connectivity index (χ0) is 11.7. The molecular formula is C10H17NO4. The third-order valence-corrected chi connectivity index (χ3v) is 3.03. The van der Waals surface area contributed by atoms with Crippen LogP contribution in [0.25, 0.3) is 0 Å². The van der Waals surface area contributed by atoms with E-state index in [0.717, 1.165) is 6.42 Å². The Morgan fingerprint density at radius 1 is 1.40 bits per heavy atom. The van der Waals surface area contributed by atoms with Gasteiger partial charge in [-0.1, -0.05) is 0 Å². The fraction of sp³-hybridized carbons (Fsp3) is 0.800. The molecule has 0 unspecified atom stereocenters. The summed E-state index contributed by atoms with van der Waals surface area (Å²) < 4.78 is 4.99. The van der Waals surface area contributed by atoms with Gasteiger partial charge in [0.2, 0.25) is 0 Å². The van der Waals surface area contributed by atoms with Crippen molar-refractivity contribution >= 4 is 11.9 Å². The van der Waals surface area contributed by atoms with Crippen molar-refractivity contribution in [3.05, 3.63) is 0 Å². The Morgan fingerprint density at radius 2 is 1.93 bits per heavy atom. The Hall–Kier alpha value is -1.10. The SMILES string of the molecule is COC(C)(C)C(=O)NC1(C(=O)O)CCC1. The number of carboxylic acid groups (broad SMARTS) is 1. The summed E-state index contributed by atoms with van der Waals surface area (Å²) in [7, 11) is 1.42. The fourth-order valence-corrected chi connectivity index (χ4v) is 1.38. The summed E-state index contributed by atoms with van der Waals surface area (Å²) in [4.78, 5) is 22.7. The number of carboxylic acids is 1. The van der Waals surface area contributed by atoms with Crippen molar-refractivity contribution in [3.8, 4) is 0 Å². The second kappa shape index (κ2) is 3.81. The molecule has 86 valence electrons. The number of rotatable bonds is 4. The molecule has 5 nitrogen and oxygen atoms in total.